The van der Waals surface area contributed by atoms with Crippen molar-refractivity contribution < 1.29 is 4.79 Å². The van der Waals surface area contributed by atoms with E-state index in [1.807, 2.05) is 36.1 Å². The molecule has 1 aliphatic rings. The maximum atomic E-state index is 12.6. The molecule has 2 heterocycles. The zero-order chi connectivity index (χ0) is 14.8. The molecule has 0 aromatic carbocycles. The molecule has 1 N–H and O–H groups in total. The normalized spacial score (nSPS) is 22.2. The monoisotopic (exact) mass is 286 g/mol. The van der Waals surface area contributed by atoms with E-state index in [2.05, 4.69) is 17.3 Å². The number of nitrogens with zero attached hydrogens (tertiary/aromatic N) is 3. The third-order valence-electron chi connectivity index (χ3n) is 4.43. The molecule has 0 radical (unpaired) electrons. The topological polar surface area (TPSA) is 51.9 Å². The van der Waals surface area contributed by atoms with E-state index in [0.717, 1.165) is 12.2 Å². The number of rotatable bonds is 3. The van der Waals surface area contributed by atoms with Crippen LogP contribution in [-0.4, -0.2) is 26.3 Å². The van der Waals surface area contributed by atoms with E-state index in [9.17, 15) is 4.79 Å². The van der Waals surface area contributed by atoms with Crippen molar-refractivity contribution in [3.63, 3.8) is 0 Å². The van der Waals surface area contributed by atoms with Crippen LogP contribution in [0.3, 0.4) is 0 Å². The van der Waals surface area contributed by atoms with Gasteiger partial charge in [0.1, 0.15) is 11.4 Å². The Morgan fingerprint density at radius 2 is 2.00 bits per heavy atom. The van der Waals surface area contributed by atoms with Crippen LogP contribution in [0, 0.1) is 5.92 Å². The Labute approximate surface area is 125 Å². The SMILES string of the molecule is CC1CCCCC1NC(=O)c1cnn(C)c1-n1cccc1. The molecule has 2 atom stereocenters. The molecule has 112 valence electrons. The second-order valence-corrected chi connectivity index (χ2v) is 5.94. The summed E-state index contributed by atoms with van der Waals surface area (Å²) >= 11 is 0. The van der Waals surface area contributed by atoms with Gasteiger partial charge >= 0.3 is 0 Å². The highest BCUT2D eigenvalue weighted by Crippen LogP contribution is 2.24. The van der Waals surface area contributed by atoms with Crippen molar-refractivity contribution in [1.29, 1.82) is 0 Å². The van der Waals surface area contributed by atoms with E-state index in [1.165, 1.54) is 19.3 Å². The van der Waals surface area contributed by atoms with E-state index in [-0.39, 0.29) is 11.9 Å². The van der Waals surface area contributed by atoms with Gasteiger partial charge in [-0.15, -0.1) is 0 Å². The molecule has 1 aliphatic carbocycles. The van der Waals surface area contributed by atoms with Gasteiger partial charge < -0.3 is 9.88 Å². The van der Waals surface area contributed by atoms with Crippen LogP contribution < -0.4 is 5.32 Å². The van der Waals surface area contributed by atoms with Gasteiger partial charge in [0.15, 0.2) is 0 Å². The molecule has 5 nitrogen and oxygen atoms in total. The van der Waals surface area contributed by atoms with Crippen molar-refractivity contribution in [2.45, 2.75) is 38.6 Å². The molecule has 1 saturated carbocycles. The van der Waals surface area contributed by atoms with Gasteiger partial charge in [-0.25, -0.2) is 0 Å². The van der Waals surface area contributed by atoms with Crippen molar-refractivity contribution in [2.75, 3.05) is 0 Å². The first-order chi connectivity index (χ1) is 10.2. The Morgan fingerprint density at radius 1 is 1.29 bits per heavy atom. The summed E-state index contributed by atoms with van der Waals surface area (Å²) in [6, 6.07) is 4.17. The van der Waals surface area contributed by atoms with Gasteiger partial charge in [0, 0.05) is 25.5 Å². The van der Waals surface area contributed by atoms with Crippen LogP contribution in [0.15, 0.2) is 30.7 Å². The summed E-state index contributed by atoms with van der Waals surface area (Å²) in [4.78, 5) is 12.6. The van der Waals surface area contributed by atoms with Gasteiger partial charge in [0.2, 0.25) is 0 Å². The average molecular weight is 286 g/mol. The molecule has 5 heteroatoms. The molecule has 1 amide bonds. The lowest BCUT2D eigenvalue weighted by atomic mass is 9.86. The summed E-state index contributed by atoms with van der Waals surface area (Å²) in [6.45, 7) is 2.22. The quantitative estimate of drug-likeness (QED) is 0.942. The van der Waals surface area contributed by atoms with E-state index in [0.29, 0.717) is 11.5 Å². The molecule has 2 aromatic rings. The smallest absolute Gasteiger partial charge is 0.256 e. The third kappa shape index (κ3) is 2.73. The molecular formula is C16H22N4O. The second kappa shape index (κ2) is 5.76. The maximum Gasteiger partial charge on any atom is 0.256 e. The average Bonchev–Trinajstić information content (AvgIpc) is 3.10. The summed E-state index contributed by atoms with van der Waals surface area (Å²) in [6.07, 6.45) is 10.3. The highest BCUT2D eigenvalue weighted by Gasteiger charge is 2.25. The molecule has 3 rings (SSSR count). The molecule has 2 unspecified atom stereocenters. The van der Waals surface area contributed by atoms with Crippen molar-refractivity contribution in [2.24, 2.45) is 13.0 Å². The Kier molecular flexibility index (Phi) is 3.82. The summed E-state index contributed by atoms with van der Waals surface area (Å²) in [5.41, 5.74) is 0.631. The standard InChI is InChI=1S/C16H22N4O/c1-12-7-3-4-8-14(12)18-15(21)13-11-17-19(2)16(13)20-9-5-6-10-20/h5-6,9-12,14H,3-4,7-8H2,1-2H3,(H,18,21). The fourth-order valence-corrected chi connectivity index (χ4v) is 3.15. The van der Waals surface area contributed by atoms with Crippen LogP contribution in [0.4, 0.5) is 0 Å². The van der Waals surface area contributed by atoms with Crippen LogP contribution in [0.5, 0.6) is 0 Å². The van der Waals surface area contributed by atoms with Crippen molar-refractivity contribution in [3.05, 3.63) is 36.3 Å². The summed E-state index contributed by atoms with van der Waals surface area (Å²) < 4.78 is 3.66. The van der Waals surface area contributed by atoms with Crippen molar-refractivity contribution in [1.82, 2.24) is 19.7 Å². The third-order valence-corrected chi connectivity index (χ3v) is 4.43. The lowest BCUT2D eigenvalue weighted by molar-refractivity contribution is 0.0910. The minimum atomic E-state index is -0.0226. The first kappa shape index (κ1) is 13.9. The van der Waals surface area contributed by atoms with Crippen LogP contribution in [0.1, 0.15) is 43.0 Å². The zero-order valence-electron chi connectivity index (χ0n) is 12.6. The van der Waals surface area contributed by atoms with Crippen LogP contribution in [0.2, 0.25) is 0 Å². The largest absolute Gasteiger partial charge is 0.349 e. The zero-order valence-corrected chi connectivity index (χ0v) is 12.6. The number of hydrogen-bond donors (Lipinski definition) is 1. The predicted molar refractivity (Wildman–Crippen MR) is 81.4 cm³/mol. The van der Waals surface area contributed by atoms with Crippen LogP contribution in [0.25, 0.3) is 5.82 Å². The molecule has 0 spiro atoms. The first-order valence-electron chi connectivity index (χ1n) is 7.63. The number of aryl methyl sites for hydroxylation is 1. The summed E-state index contributed by atoms with van der Waals surface area (Å²) in [7, 11) is 1.86. The number of nitrogens with one attached hydrogen (secondary N) is 1. The first-order valence-corrected chi connectivity index (χ1v) is 7.63. The molecule has 0 saturated heterocycles. The number of carbonyl (C=O) groups excluding carboxylic acids is 1. The van der Waals surface area contributed by atoms with Gasteiger partial charge in [-0.05, 0) is 30.9 Å². The Bertz CT molecular complexity index is 614. The van der Waals surface area contributed by atoms with Gasteiger partial charge in [-0.2, -0.15) is 5.10 Å². The Hall–Kier alpha value is -2.04. The van der Waals surface area contributed by atoms with E-state index >= 15 is 0 Å². The fraction of sp³-hybridized carbons (Fsp3) is 0.500. The van der Waals surface area contributed by atoms with Gasteiger partial charge in [-0.1, -0.05) is 19.8 Å². The van der Waals surface area contributed by atoms with Crippen LogP contribution >= 0.6 is 0 Å². The van der Waals surface area contributed by atoms with Crippen LogP contribution in [-0.2, 0) is 7.05 Å². The maximum absolute atomic E-state index is 12.6. The summed E-state index contributed by atoms with van der Waals surface area (Å²) in [5.74, 6) is 1.33. The lowest BCUT2D eigenvalue weighted by Crippen LogP contribution is -2.41. The molecular weight excluding hydrogens is 264 g/mol. The second-order valence-electron chi connectivity index (χ2n) is 5.94. The molecule has 0 aliphatic heterocycles. The van der Waals surface area contributed by atoms with Crippen molar-refractivity contribution >= 4 is 5.91 Å². The van der Waals surface area contributed by atoms with Crippen molar-refractivity contribution in [3.8, 4) is 5.82 Å². The highest BCUT2D eigenvalue weighted by atomic mass is 16.1. The van der Waals surface area contributed by atoms with Gasteiger partial charge in [0.25, 0.3) is 5.91 Å². The van der Waals surface area contributed by atoms with E-state index < -0.39 is 0 Å². The Balaban J connectivity index is 1.82. The predicted octanol–water partition coefficient (Wildman–Crippen LogP) is 2.52. The van der Waals surface area contributed by atoms with Gasteiger partial charge in [-0.3, -0.25) is 9.48 Å². The molecule has 21 heavy (non-hydrogen) atoms. The number of hydrogen-bond acceptors (Lipinski definition) is 2. The van der Waals surface area contributed by atoms with E-state index in [4.69, 9.17) is 0 Å². The molecule has 1 fully saturated rings. The van der Waals surface area contributed by atoms with Gasteiger partial charge in [0.05, 0.1) is 6.20 Å². The number of aromatic nitrogens is 3. The Morgan fingerprint density at radius 3 is 2.71 bits per heavy atom. The molecule has 0 bridgehead atoms. The summed E-state index contributed by atoms with van der Waals surface area (Å²) in [5, 5.41) is 7.44. The van der Waals surface area contributed by atoms with E-state index in [1.54, 1.807) is 10.9 Å². The minimum absolute atomic E-state index is 0.0226. The number of amides is 1. The molecule has 2 aromatic heterocycles. The minimum Gasteiger partial charge on any atom is -0.349 e. The lowest BCUT2D eigenvalue weighted by Gasteiger charge is -2.29. The fourth-order valence-electron chi connectivity index (χ4n) is 3.15. The number of carbonyl (C=O) groups is 1. The highest BCUT2D eigenvalue weighted by molar-refractivity contribution is 5.97.